The molecule has 0 fully saturated rings. The summed E-state index contributed by atoms with van der Waals surface area (Å²) in [5.41, 5.74) is -2.68. The van der Waals surface area contributed by atoms with E-state index in [1.54, 1.807) is 0 Å². The van der Waals surface area contributed by atoms with Crippen molar-refractivity contribution in [1.82, 2.24) is 0 Å². The van der Waals surface area contributed by atoms with Gasteiger partial charge in [-0.05, 0) is 12.8 Å². The second kappa shape index (κ2) is 23.7. The molecule has 0 saturated carbocycles. The first-order valence-corrected chi connectivity index (χ1v) is 18.2. The van der Waals surface area contributed by atoms with Gasteiger partial charge in [-0.25, -0.2) is 4.57 Å². The van der Waals surface area contributed by atoms with Gasteiger partial charge in [0.05, 0.1) is 27.7 Å². The van der Waals surface area contributed by atoms with E-state index in [1.807, 2.05) is 21.1 Å². The number of carbonyl (C=O) groups excluding carboxylic acids is 2. The minimum atomic E-state index is -4.55. The van der Waals surface area contributed by atoms with Gasteiger partial charge in [-0.1, -0.05) is 117 Å². The lowest BCUT2D eigenvalue weighted by Gasteiger charge is -2.30. The Morgan fingerprint density at radius 1 is 0.690 bits per heavy atom. The summed E-state index contributed by atoms with van der Waals surface area (Å²) >= 11 is 0. The fourth-order valence-corrected chi connectivity index (χ4v) is 5.57. The lowest BCUT2D eigenvalue weighted by atomic mass is 9.82. The molecule has 0 amide bonds. The molecule has 0 aliphatic carbocycles. The van der Waals surface area contributed by atoms with E-state index in [4.69, 9.17) is 9.05 Å². The number of likely N-dealkylation sites (N-methyl/N-ethyl adjacent to an activating group) is 1. The van der Waals surface area contributed by atoms with Crippen molar-refractivity contribution in [2.24, 2.45) is 0 Å². The number of hydrogen-bond donors (Lipinski definition) is 3. The summed E-state index contributed by atoms with van der Waals surface area (Å²) in [4.78, 5) is 36.4. The monoisotopic (exact) mass is 622 g/mol. The van der Waals surface area contributed by atoms with Crippen LogP contribution < -0.4 is 0 Å². The highest BCUT2D eigenvalue weighted by Gasteiger charge is 2.49. The quantitative estimate of drug-likeness (QED) is 0.0341. The van der Waals surface area contributed by atoms with Crippen LogP contribution in [0.25, 0.3) is 0 Å². The second-order valence-corrected chi connectivity index (χ2v) is 14.4. The first-order chi connectivity index (χ1) is 19.8. The first-order valence-electron chi connectivity index (χ1n) is 16.7. The van der Waals surface area contributed by atoms with E-state index >= 15 is 0 Å². The molecule has 0 heterocycles. The summed E-state index contributed by atoms with van der Waals surface area (Å²) in [7, 11) is 1.14. The number of ketones is 2. The van der Waals surface area contributed by atoms with Gasteiger partial charge in [-0.15, -0.1) is 0 Å². The number of phosphoric ester groups is 1. The summed E-state index contributed by atoms with van der Waals surface area (Å²) in [5.74, 6) is -1.53. The van der Waals surface area contributed by atoms with Gasteiger partial charge in [0.1, 0.15) is 19.3 Å². The minimum Gasteiger partial charge on any atom is -0.387 e. The van der Waals surface area contributed by atoms with Gasteiger partial charge in [0.25, 0.3) is 0 Å². The molecule has 42 heavy (non-hydrogen) atoms. The number of quaternary nitrogens is 1. The smallest absolute Gasteiger partial charge is 0.387 e. The summed E-state index contributed by atoms with van der Waals surface area (Å²) in [5, 5.41) is 22.1. The highest BCUT2D eigenvalue weighted by molar-refractivity contribution is 7.47. The van der Waals surface area contributed by atoms with Gasteiger partial charge in [0.2, 0.25) is 5.60 Å². The third-order valence-electron chi connectivity index (χ3n) is 7.76. The van der Waals surface area contributed by atoms with Crippen LogP contribution in [0.3, 0.4) is 0 Å². The molecule has 3 N–H and O–H groups in total. The summed E-state index contributed by atoms with van der Waals surface area (Å²) in [6.45, 7) is 3.88. The standard InChI is InChI=1S/C32H64NO8P/c1-6-8-10-12-14-16-18-20-22-24-29(34)32(37,30(35)25-23-21-19-17-15-13-11-9-7-2)31(36)28-41-42(38,39)40-27-26-33(3,4)5/h31,36-37H,6-28H2,1-5H3/p+1/t31-/m0/s1. The van der Waals surface area contributed by atoms with E-state index in [1.165, 1.54) is 51.4 Å². The van der Waals surface area contributed by atoms with Crippen molar-refractivity contribution >= 4 is 19.4 Å². The van der Waals surface area contributed by atoms with Gasteiger partial charge in [0.15, 0.2) is 11.6 Å². The zero-order valence-electron chi connectivity index (χ0n) is 27.6. The Balaban J connectivity index is 4.98. The fraction of sp³-hybridized carbons (Fsp3) is 0.938. The van der Waals surface area contributed by atoms with Gasteiger partial charge >= 0.3 is 7.82 Å². The summed E-state index contributed by atoms with van der Waals surface area (Å²) in [6.07, 6.45) is 16.7. The van der Waals surface area contributed by atoms with E-state index in [2.05, 4.69) is 13.8 Å². The van der Waals surface area contributed by atoms with E-state index in [0.717, 1.165) is 51.4 Å². The zero-order chi connectivity index (χ0) is 31.9. The molecule has 10 heteroatoms. The molecule has 0 aromatic rings. The molecular weight excluding hydrogens is 557 g/mol. The maximum absolute atomic E-state index is 13.2. The number of aliphatic hydroxyl groups is 2. The lowest BCUT2D eigenvalue weighted by molar-refractivity contribution is -0.870. The van der Waals surface area contributed by atoms with Crippen molar-refractivity contribution in [2.45, 2.75) is 154 Å². The predicted molar refractivity (Wildman–Crippen MR) is 169 cm³/mol. The summed E-state index contributed by atoms with van der Waals surface area (Å²) in [6, 6.07) is 0. The molecule has 0 saturated heterocycles. The molecule has 0 rings (SSSR count). The molecule has 0 bridgehead atoms. The van der Waals surface area contributed by atoms with Crippen molar-refractivity contribution in [1.29, 1.82) is 0 Å². The molecule has 0 aliphatic heterocycles. The summed E-state index contributed by atoms with van der Waals surface area (Å²) < 4.78 is 22.7. The number of aliphatic hydroxyl groups excluding tert-OH is 1. The molecule has 250 valence electrons. The fourth-order valence-electron chi connectivity index (χ4n) is 4.85. The zero-order valence-corrected chi connectivity index (χ0v) is 28.5. The van der Waals surface area contributed by atoms with Crippen molar-refractivity contribution in [3.63, 3.8) is 0 Å². The molecule has 1 unspecified atom stereocenters. The number of nitrogens with zero attached hydrogens (tertiary/aromatic N) is 1. The molecule has 0 aliphatic rings. The van der Waals surface area contributed by atoms with Crippen molar-refractivity contribution in [2.75, 3.05) is 40.9 Å². The number of Topliss-reactive ketones (excluding diaryl/α,β-unsaturated/α-hetero) is 2. The maximum Gasteiger partial charge on any atom is 0.472 e. The van der Waals surface area contributed by atoms with Gasteiger partial charge in [-0.2, -0.15) is 0 Å². The highest BCUT2D eigenvalue weighted by Crippen LogP contribution is 2.43. The molecule has 9 nitrogen and oxygen atoms in total. The van der Waals surface area contributed by atoms with Crippen LogP contribution in [0, 0.1) is 0 Å². The van der Waals surface area contributed by atoms with E-state index < -0.39 is 37.7 Å². The average molecular weight is 623 g/mol. The van der Waals surface area contributed by atoms with Crippen LogP contribution in [0.15, 0.2) is 0 Å². The van der Waals surface area contributed by atoms with Crippen LogP contribution in [0.1, 0.15) is 142 Å². The van der Waals surface area contributed by atoms with Gasteiger partial charge in [0, 0.05) is 12.8 Å². The minimum absolute atomic E-state index is 0.0519. The predicted octanol–water partition coefficient (Wildman–Crippen LogP) is 6.90. The number of rotatable bonds is 30. The number of phosphoric acid groups is 1. The van der Waals surface area contributed by atoms with Crippen LogP contribution in [0.2, 0.25) is 0 Å². The molecule has 0 aromatic heterocycles. The number of unbranched alkanes of at least 4 members (excludes halogenated alkanes) is 16. The molecule has 0 spiro atoms. The topological polar surface area (TPSA) is 130 Å². The number of hydrogen-bond acceptors (Lipinski definition) is 7. The normalized spacial score (nSPS) is 14.6. The van der Waals surface area contributed by atoms with Crippen LogP contribution in [-0.2, 0) is 23.2 Å². The molecule has 0 radical (unpaired) electrons. The molecule has 2 atom stereocenters. The van der Waals surface area contributed by atoms with Crippen LogP contribution >= 0.6 is 7.82 Å². The molecular formula is C32H65NO8P+. The Morgan fingerprint density at radius 2 is 1.05 bits per heavy atom. The Kier molecular flexibility index (Phi) is 23.3. The van der Waals surface area contributed by atoms with E-state index in [9.17, 15) is 29.3 Å². The van der Waals surface area contributed by atoms with Gasteiger partial charge < -0.3 is 19.6 Å². The highest BCUT2D eigenvalue weighted by atomic mass is 31.2. The van der Waals surface area contributed by atoms with Crippen LogP contribution in [0.5, 0.6) is 0 Å². The third kappa shape index (κ3) is 20.3. The lowest BCUT2D eigenvalue weighted by Crippen LogP contribution is -2.57. The number of carbonyl (C=O) groups is 2. The maximum atomic E-state index is 13.2. The first kappa shape index (κ1) is 41.3. The van der Waals surface area contributed by atoms with Crippen LogP contribution in [0.4, 0.5) is 0 Å². The van der Waals surface area contributed by atoms with E-state index in [-0.39, 0.29) is 19.4 Å². The Bertz CT molecular complexity index is 721. The average Bonchev–Trinajstić information content (AvgIpc) is 2.92. The third-order valence-corrected chi connectivity index (χ3v) is 8.74. The molecule has 0 aromatic carbocycles. The Labute approximate surface area is 257 Å². The largest absolute Gasteiger partial charge is 0.472 e. The van der Waals surface area contributed by atoms with Crippen LogP contribution in [-0.4, -0.2) is 83.8 Å². The SMILES string of the molecule is CCCCCCCCCCCC(=O)C(O)(C(=O)CCCCCCCCCCC)[C@@H](O)COP(=O)(O)OCC[N+](C)(C)C. The second-order valence-electron chi connectivity index (χ2n) is 12.9. The van der Waals surface area contributed by atoms with Crippen molar-refractivity contribution in [3.8, 4) is 0 Å². The Morgan fingerprint density at radius 3 is 1.40 bits per heavy atom. The van der Waals surface area contributed by atoms with E-state index in [0.29, 0.717) is 23.9 Å². The Hall–Kier alpha value is -0.670. The van der Waals surface area contributed by atoms with Crippen molar-refractivity contribution < 1.29 is 42.8 Å². The van der Waals surface area contributed by atoms with Gasteiger partial charge in [-0.3, -0.25) is 18.6 Å². The van der Waals surface area contributed by atoms with Crippen molar-refractivity contribution in [3.05, 3.63) is 0 Å².